The summed E-state index contributed by atoms with van der Waals surface area (Å²) in [5.41, 5.74) is 2.44. The summed E-state index contributed by atoms with van der Waals surface area (Å²) in [5, 5.41) is 1.52. The van der Waals surface area contributed by atoms with E-state index in [4.69, 9.17) is 4.43 Å². The van der Waals surface area contributed by atoms with Gasteiger partial charge in [0, 0.05) is 24.1 Å². The van der Waals surface area contributed by atoms with Crippen LogP contribution in [0.2, 0.25) is 18.1 Å². The van der Waals surface area contributed by atoms with E-state index in [1.165, 1.54) is 10.9 Å². The number of pyridine rings is 1. The maximum atomic E-state index is 6.47. The molecule has 0 spiro atoms. The van der Waals surface area contributed by atoms with Crippen LogP contribution in [0, 0.1) is 0 Å². The van der Waals surface area contributed by atoms with Crippen LogP contribution in [-0.4, -0.2) is 19.9 Å². The van der Waals surface area contributed by atoms with Gasteiger partial charge in [-0.2, -0.15) is 0 Å². The summed E-state index contributed by atoms with van der Waals surface area (Å²) in [6, 6.07) is 10.6. The molecule has 0 saturated carbocycles. The number of nitrogens with zero attached hydrogens (tertiary/aromatic N) is 1. The first-order valence-corrected chi connectivity index (χ1v) is 11.1. The molecule has 1 aromatic heterocycles. The molecule has 2 rings (SSSR count). The van der Waals surface area contributed by atoms with Gasteiger partial charge in [0.05, 0.1) is 5.52 Å². The lowest BCUT2D eigenvalue weighted by atomic mass is 9.94. The van der Waals surface area contributed by atoms with Crippen molar-refractivity contribution in [2.45, 2.75) is 58.2 Å². The van der Waals surface area contributed by atoms with E-state index >= 15 is 0 Å². The molecule has 1 heterocycles. The molecule has 0 saturated heterocycles. The van der Waals surface area contributed by atoms with E-state index in [9.17, 15) is 0 Å². The summed E-state index contributed by atoms with van der Waals surface area (Å²) in [4.78, 5) is 4.47. The van der Waals surface area contributed by atoms with E-state index in [-0.39, 0.29) is 5.04 Å². The summed E-state index contributed by atoms with van der Waals surface area (Å²) in [5.74, 6) is 0.432. The van der Waals surface area contributed by atoms with Crippen LogP contribution < -0.4 is 0 Å². The molecule has 120 valence electrons. The van der Waals surface area contributed by atoms with Gasteiger partial charge >= 0.3 is 0 Å². The van der Waals surface area contributed by atoms with Gasteiger partial charge in [-0.3, -0.25) is 4.98 Å². The zero-order valence-corrected chi connectivity index (χ0v) is 15.8. The Labute approximate surface area is 136 Å². The highest BCUT2D eigenvalue weighted by Gasteiger charge is 2.37. The molecule has 0 fully saturated rings. The first-order chi connectivity index (χ1) is 10.3. The van der Waals surface area contributed by atoms with Gasteiger partial charge in [-0.25, -0.2) is 0 Å². The smallest absolute Gasteiger partial charge is 0.192 e. The van der Waals surface area contributed by atoms with Crippen molar-refractivity contribution in [3.05, 3.63) is 42.1 Å². The Morgan fingerprint density at radius 2 is 1.82 bits per heavy atom. The predicted octanol–water partition coefficient (Wildman–Crippen LogP) is 5.75. The number of aromatic nitrogens is 1. The molecular weight excluding hydrogens is 286 g/mol. The number of hydrogen-bond donors (Lipinski definition) is 0. The summed E-state index contributed by atoms with van der Waals surface area (Å²) in [6.45, 7) is 14.6. The van der Waals surface area contributed by atoms with Gasteiger partial charge in [0.15, 0.2) is 8.32 Å². The van der Waals surface area contributed by atoms with Crippen LogP contribution in [0.1, 0.15) is 45.6 Å². The van der Waals surface area contributed by atoms with Crippen LogP contribution in [0.5, 0.6) is 0 Å². The molecule has 1 atom stereocenters. The first kappa shape index (κ1) is 17.2. The summed E-state index contributed by atoms with van der Waals surface area (Å²) in [6.07, 6.45) is 3.01. The minimum Gasteiger partial charge on any atom is -0.416 e. The fourth-order valence-corrected chi connectivity index (χ4v) is 3.48. The second-order valence-corrected chi connectivity index (χ2v) is 12.4. The molecule has 0 aliphatic heterocycles. The van der Waals surface area contributed by atoms with Crippen molar-refractivity contribution >= 4 is 19.2 Å². The summed E-state index contributed by atoms with van der Waals surface area (Å²) >= 11 is 0. The van der Waals surface area contributed by atoms with Crippen molar-refractivity contribution in [1.29, 1.82) is 0 Å². The van der Waals surface area contributed by atoms with Gasteiger partial charge < -0.3 is 4.43 Å². The zero-order valence-electron chi connectivity index (χ0n) is 14.8. The molecule has 0 unspecified atom stereocenters. The largest absolute Gasteiger partial charge is 0.416 e. The van der Waals surface area contributed by atoms with Gasteiger partial charge in [-0.1, -0.05) is 45.9 Å². The van der Waals surface area contributed by atoms with E-state index in [1.807, 2.05) is 12.3 Å². The van der Waals surface area contributed by atoms with E-state index in [0.29, 0.717) is 5.92 Å². The van der Waals surface area contributed by atoms with E-state index in [0.717, 1.165) is 18.5 Å². The highest BCUT2D eigenvalue weighted by Crippen LogP contribution is 2.38. The molecule has 0 N–H and O–H groups in total. The van der Waals surface area contributed by atoms with Crippen molar-refractivity contribution in [3.63, 3.8) is 0 Å². The SMILES string of the molecule is CC[C@H](CO[Si](C)(C)C(C)(C)C)c1ccnc2ccccc12. The quantitative estimate of drug-likeness (QED) is 0.655. The Bertz CT molecular complexity index is 625. The predicted molar refractivity (Wildman–Crippen MR) is 97.9 cm³/mol. The van der Waals surface area contributed by atoms with Gasteiger partial charge in [0.1, 0.15) is 0 Å². The van der Waals surface area contributed by atoms with Crippen molar-refractivity contribution < 1.29 is 4.43 Å². The topological polar surface area (TPSA) is 22.1 Å². The van der Waals surface area contributed by atoms with E-state index in [1.54, 1.807) is 0 Å². The molecule has 0 aliphatic rings. The summed E-state index contributed by atoms with van der Waals surface area (Å²) in [7, 11) is -1.70. The Balaban J connectivity index is 2.25. The Kier molecular flexibility index (Phi) is 5.08. The lowest BCUT2D eigenvalue weighted by Crippen LogP contribution is -2.41. The lowest BCUT2D eigenvalue weighted by Gasteiger charge is -2.37. The lowest BCUT2D eigenvalue weighted by molar-refractivity contribution is 0.260. The molecule has 0 aliphatic carbocycles. The number of para-hydroxylation sites is 1. The number of hydrogen-bond acceptors (Lipinski definition) is 2. The average molecular weight is 316 g/mol. The van der Waals surface area contributed by atoms with Crippen LogP contribution in [-0.2, 0) is 4.43 Å². The second-order valence-electron chi connectivity index (χ2n) is 7.59. The highest BCUT2D eigenvalue weighted by molar-refractivity contribution is 6.74. The van der Waals surface area contributed by atoms with E-state index in [2.05, 4.69) is 70.0 Å². The normalized spacial score (nSPS) is 14.3. The van der Waals surface area contributed by atoms with Crippen molar-refractivity contribution in [3.8, 4) is 0 Å². The Morgan fingerprint density at radius 3 is 2.45 bits per heavy atom. The zero-order chi connectivity index (χ0) is 16.4. The van der Waals surface area contributed by atoms with Gasteiger partial charge in [-0.05, 0) is 42.2 Å². The van der Waals surface area contributed by atoms with Crippen molar-refractivity contribution in [2.24, 2.45) is 0 Å². The van der Waals surface area contributed by atoms with Crippen molar-refractivity contribution in [1.82, 2.24) is 4.98 Å². The van der Waals surface area contributed by atoms with Crippen LogP contribution in [0.15, 0.2) is 36.5 Å². The van der Waals surface area contributed by atoms with Crippen LogP contribution >= 0.6 is 0 Å². The molecule has 2 nitrogen and oxygen atoms in total. The molecule has 0 radical (unpaired) electrons. The Morgan fingerprint density at radius 1 is 1.14 bits per heavy atom. The molecule has 0 amide bonds. The number of rotatable bonds is 5. The number of benzene rings is 1. The molecule has 22 heavy (non-hydrogen) atoms. The van der Waals surface area contributed by atoms with E-state index < -0.39 is 8.32 Å². The minimum atomic E-state index is -1.70. The molecule has 0 bridgehead atoms. The average Bonchev–Trinajstić information content (AvgIpc) is 2.47. The molecular formula is C19H29NOSi. The maximum absolute atomic E-state index is 6.47. The fraction of sp³-hybridized carbons (Fsp3) is 0.526. The van der Waals surface area contributed by atoms with Crippen molar-refractivity contribution in [2.75, 3.05) is 6.61 Å². The molecule has 2 aromatic rings. The second kappa shape index (κ2) is 6.51. The van der Waals surface area contributed by atoms with Gasteiger partial charge in [0.25, 0.3) is 0 Å². The highest BCUT2D eigenvalue weighted by atomic mass is 28.4. The van der Waals surface area contributed by atoms with Gasteiger partial charge in [-0.15, -0.1) is 0 Å². The first-order valence-electron chi connectivity index (χ1n) is 8.24. The molecule has 3 heteroatoms. The monoisotopic (exact) mass is 315 g/mol. The third kappa shape index (κ3) is 3.58. The Hall–Kier alpha value is -1.19. The summed E-state index contributed by atoms with van der Waals surface area (Å²) < 4.78 is 6.47. The standard InChI is InChI=1S/C19H29NOSi/c1-7-15(14-21-22(5,6)19(2,3)4)16-12-13-20-18-11-9-8-10-17(16)18/h8-13,15H,7,14H2,1-6H3/t15-/m1/s1. The fourth-order valence-electron chi connectivity index (χ4n) is 2.43. The molecule has 1 aromatic carbocycles. The maximum Gasteiger partial charge on any atom is 0.192 e. The minimum absolute atomic E-state index is 0.256. The van der Waals surface area contributed by atoms with Crippen LogP contribution in [0.3, 0.4) is 0 Å². The third-order valence-electron chi connectivity index (χ3n) is 5.07. The number of fused-ring (bicyclic) bond motifs is 1. The van der Waals surface area contributed by atoms with Crippen LogP contribution in [0.4, 0.5) is 0 Å². The third-order valence-corrected chi connectivity index (χ3v) is 9.57. The van der Waals surface area contributed by atoms with Gasteiger partial charge in [0.2, 0.25) is 0 Å². The van der Waals surface area contributed by atoms with Crippen LogP contribution in [0.25, 0.3) is 10.9 Å².